The van der Waals surface area contributed by atoms with E-state index in [1.165, 1.54) is 18.4 Å². The minimum absolute atomic E-state index is 0.0641. The normalized spacial score (nSPS) is 15.9. The summed E-state index contributed by atoms with van der Waals surface area (Å²) in [6.07, 6.45) is 4.42. The number of likely N-dealkylation sites (tertiary alicyclic amines) is 1. The molecule has 1 fully saturated rings. The highest BCUT2D eigenvalue weighted by Gasteiger charge is 2.25. The fourth-order valence-corrected chi connectivity index (χ4v) is 4.00. The zero-order valence-electron chi connectivity index (χ0n) is 16.0. The number of aryl methyl sites for hydroxylation is 2. The lowest BCUT2D eigenvalue weighted by molar-refractivity contribution is 0.0931. The van der Waals surface area contributed by atoms with E-state index in [1.54, 1.807) is 0 Å². The van der Waals surface area contributed by atoms with Gasteiger partial charge in [0, 0.05) is 12.7 Å². The molecule has 27 heavy (non-hydrogen) atoms. The summed E-state index contributed by atoms with van der Waals surface area (Å²) >= 11 is 0. The molecule has 2 aromatic heterocycles. The number of aromatic nitrogens is 2. The van der Waals surface area contributed by atoms with Gasteiger partial charge in [-0.2, -0.15) is 0 Å². The molecule has 1 atom stereocenters. The van der Waals surface area contributed by atoms with Crippen molar-refractivity contribution in [2.45, 2.75) is 32.7 Å². The van der Waals surface area contributed by atoms with Gasteiger partial charge in [-0.15, -0.1) is 0 Å². The highest BCUT2D eigenvalue weighted by Crippen LogP contribution is 2.24. The first-order valence-corrected chi connectivity index (χ1v) is 9.66. The van der Waals surface area contributed by atoms with Crippen LogP contribution in [0, 0.1) is 13.8 Å². The van der Waals surface area contributed by atoms with E-state index in [9.17, 15) is 4.79 Å². The van der Waals surface area contributed by atoms with Crippen molar-refractivity contribution in [3.8, 4) is 0 Å². The average Bonchev–Trinajstić information content (AvgIpc) is 3.30. The number of benzene rings is 1. The van der Waals surface area contributed by atoms with Gasteiger partial charge in [0.2, 0.25) is 0 Å². The second-order valence-corrected chi connectivity index (χ2v) is 7.36. The molecule has 0 spiro atoms. The number of fused-ring (bicyclic) bond motifs is 1. The fraction of sp³-hybridized carbons (Fsp3) is 0.364. The van der Waals surface area contributed by atoms with Crippen LogP contribution in [0.2, 0.25) is 0 Å². The smallest absolute Gasteiger partial charge is 0.270 e. The van der Waals surface area contributed by atoms with Crippen molar-refractivity contribution in [3.05, 3.63) is 71.2 Å². The average molecular weight is 362 g/mol. The second kappa shape index (κ2) is 7.53. The molecule has 4 rings (SSSR count). The zero-order valence-corrected chi connectivity index (χ0v) is 16.0. The number of amides is 1. The Balaban J connectivity index is 1.57. The quantitative estimate of drug-likeness (QED) is 0.755. The van der Waals surface area contributed by atoms with E-state index in [4.69, 9.17) is 0 Å². The van der Waals surface area contributed by atoms with Gasteiger partial charge < -0.3 is 5.32 Å². The largest absolute Gasteiger partial charge is 0.349 e. The van der Waals surface area contributed by atoms with E-state index in [-0.39, 0.29) is 11.9 Å². The van der Waals surface area contributed by atoms with Crippen LogP contribution in [-0.2, 0) is 0 Å². The fourth-order valence-electron chi connectivity index (χ4n) is 4.00. The number of nitrogens with one attached hydrogen (secondary N) is 1. The summed E-state index contributed by atoms with van der Waals surface area (Å²) in [6, 6.07) is 14.6. The maximum absolute atomic E-state index is 13.0. The molecule has 1 aromatic carbocycles. The molecule has 3 heterocycles. The molecular formula is C22H26N4O. The van der Waals surface area contributed by atoms with Crippen molar-refractivity contribution < 1.29 is 4.79 Å². The van der Waals surface area contributed by atoms with Crippen molar-refractivity contribution in [2.24, 2.45) is 0 Å². The van der Waals surface area contributed by atoms with Crippen LogP contribution in [0.4, 0.5) is 0 Å². The first-order valence-electron chi connectivity index (χ1n) is 9.66. The lowest BCUT2D eigenvalue weighted by Crippen LogP contribution is -2.37. The van der Waals surface area contributed by atoms with E-state index >= 15 is 0 Å². The molecule has 1 N–H and O–H groups in total. The summed E-state index contributed by atoms with van der Waals surface area (Å²) in [4.78, 5) is 20.0. The van der Waals surface area contributed by atoms with Crippen molar-refractivity contribution in [1.82, 2.24) is 19.6 Å². The molecule has 140 valence electrons. The van der Waals surface area contributed by atoms with Crippen LogP contribution in [0.3, 0.4) is 0 Å². The van der Waals surface area contributed by atoms with Crippen LogP contribution in [0.15, 0.2) is 48.7 Å². The Hall–Kier alpha value is -2.66. The van der Waals surface area contributed by atoms with Gasteiger partial charge in [0.15, 0.2) is 0 Å². The SMILES string of the molecule is Cc1ccc2nc(C)c(C(=O)NCC(c3ccccc3)N3CCCC3)n2c1. The molecule has 5 heteroatoms. The van der Waals surface area contributed by atoms with Crippen LogP contribution >= 0.6 is 0 Å². The number of rotatable bonds is 5. The predicted octanol–water partition coefficient (Wildman–Crippen LogP) is 3.52. The molecular weight excluding hydrogens is 336 g/mol. The summed E-state index contributed by atoms with van der Waals surface area (Å²) < 4.78 is 1.90. The molecule has 0 bridgehead atoms. The van der Waals surface area contributed by atoms with Crippen LogP contribution < -0.4 is 5.32 Å². The van der Waals surface area contributed by atoms with Gasteiger partial charge in [0.1, 0.15) is 11.3 Å². The second-order valence-electron chi connectivity index (χ2n) is 7.36. The summed E-state index contributed by atoms with van der Waals surface area (Å²) in [5, 5.41) is 3.17. The Morgan fingerprint density at radius 3 is 2.59 bits per heavy atom. The molecule has 1 unspecified atom stereocenters. The summed E-state index contributed by atoms with van der Waals surface area (Å²) in [5.74, 6) is -0.0641. The van der Waals surface area contributed by atoms with E-state index in [1.807, 2.05) is 42.6 Å². The van der Waals surface area contributed by atoms with Crippen molar-refractivity contribution >= 4 is 11.6 Å². The molecule has 0 saturated carbocycles. The molecule has 0 aliphatic carbocycles. The minimum atomic E-state index is -0.0641. The number of hydrogen-bond donors (Lipinski definition) is 1. The molecule has 1 amide bonds. The summed E-state index contributed by atoms with van der Waals surface area (Å²) in [7, 11) is 0. The van der Waals surface area contributed by atoms with Gasteiger partial charge >= 0.3 is 0 Å². The van der Waals surface area contributed by atoms with Gasteiger partial charge in [0.25, 0.3) is 5.91 Å². The first-order chi connectivity index (χ1) is 13.1. The molecule has 1 aliphatic rings. The Kier molecular flexibility index (Phi) is 4.94. The lowest BCUT2D eigenvalue weighted by atomic mass is 10.1. The van der Waals surface area contributed by atoms with Crippen LogP contribution in [-0.4, -0.2) is 39.8 Å². The molecule has 3 aromatic rings. The molecule has 5 nitrogen and oxygen atoms in total. The molecule has 1 aliphatic heterocycles. The number of hydrogen-bond acceptors (Lipinski definition) is 3. The standard InChI is InChI=1S/C22H26N4O/c1-16-10-11-20-24-17(2)21(26(20)15-16)22(27)23-14-19(25-12-6-7-13-25)18-8-4-3-5-9-18/h3-5,8-11,15,19H,6-7,12-14H2,1-2H3,(H,23,27). The number of nitrogens with zero attached hydrogens (tertiary/aromatic N) is 3. The van der Waals surface area contributed by atoms with Gasteiger partial charge in [-0.1, -0.05) is 36.4 Å². The van der Waals surface area contributed by atoms with Crippen molar-refractivity contribution in [2.75, 3.05) is 19.6 Å². The van der Waals surface area contributed by atoms with E-state index in [0.29, 0.717) is 12.2 Å². The Morgan fingerprint density at radius 1 is 1.11 bits per heavy atom. The van der Waals surface area contributed by atoms with Gasteiger partial charge in [-0.3, -0.25) is 14.1 Å². The molecule has 1 saturated heterocycles. The lowest BCUT2D eigenvalue weighted by Gasteiger charge is -2.28. The van der Waals surface area contributed by atoms with Gasteiger partial charge in [-0.05, 0) is 57.0 Å². The highest BCUT2D eigenvalue weighted by molar-refractivity contribution is 5.94. The highest BCUT2D eigenvalue weighted by atomic mass is 16.2. The third-order valence-electron chi connectivity index (χ3n) is 5.38. The topological polar surface area (TPSA) is 49.6 Å². The van der Waals surface area contributed by atoms with Crippen molar-refractivity contribution in [1.29, 1.82) is 0 Å². The Morgan fingerprint density at radius 2 is 1.85 bits per heavy atom. The Bertz CT molecular complexity index is 942. The predicted molar refractivity (Wildman–Crippen MR) is 107 cm³/mol. The number of carbonyl (C=O) groups excluding carboxylic acids is 1. The third kappa shape index (κ3) is 3.60. The monoisotopic (exact) mass is 362 g/mol. The maximum atomic E-state index is 13.0. The van der Waals surface area contributed by atoms with Crippen LogP contribution in [0.25, 0.3) is 5.65 Å². The number of imidazole rings is 1. The minimum Gasteiger partial charge on any atom is -0.349 e. The zero-order chi connectivity index (χ0) is 18.8. The van der Waals surface area contributed by atoms with Crippen molar-refractivity contribution in [3.63, 3.8) is 0 Å². The van der Waals surface area contributed by atoms with E-state index < -0.39 is 0 Å². The summed E-state index contributed by atoms with van der Waals surface area (Å²) in [5.41, 5.74) is 4.55. The maximum Gasteiger partial charge on any atom is 0.270 e. The third-order valence-corrected chi connectivity index (χ3v) is 5.38. The van der Waals surface area contributed by atoms with E-state index in [0.717, 1.165) is 30.0 Å². The first kappa shape index (κ1) is 17.7. The Labute approximate surface area is 160 Å². The number of carbonyl (C=O) groups is 1. The van der Waals surface area contributed by atoms with E-state index in [2.05, 4.69) is 39.5 Å². The van der Waals surface area contributed by atoms with Gasteiger partial charge in [0.05, 0.1) is 11.7 Å². The summed E-state index contributed by atoms with van der Waals surface area (Å²) in [6.45, 7) is 6.69. The number of pyridine rings is 1. The van der Waals surface area contributed by atoms with Crippen LogP contribution in [0.1, 0.15) is 46.2 Å². The van der Waals surface area contributed by atoms with Crippen LogP contribution in [0.5, 0.6) is 0 Å². The van der Waals surface area contributed by atoms with Gasteiger partial charge in [-0.25, -0.2) is 4.98 Å². The molecule has 0 radical (unpaired) electrons.